The zero-order valence-corrected chi connectivity index (χ0v) is 14.5. The van der Waals surface area contributed by atoms with E-state index < -0.39 is 5.60 Å². The van der Waals surface area contributed by atoms with Gasteiger partial charge in [0.25, 0.3) is 0 Å². The Hall–Kier alpha value is -1.75. The second-order valence-electron chi connectivity index (χ2n) is 7.44. The van der Waals surface area contributed by atoms with Crippen LogP contribution in [0.4, 0.5) is 4.79 Å². The molecule has 128 valence electrons. The average Bonchev–Trinajstić information content (AvgIpc) is 2.40. The Kier molecular flexibility index (Phi) is 5.19. The van der Waals surface area contributed by atoms with E-state index in [0.717, 1.165) is 36.1 Å². The number of amides is 2. The Morgan fingerprint density at radius 2 is 2.00 bits per heavy atom. The largest absolute Gasteiger partial charge is 0.488 e. The zero-order valence-electron chi connectivity index (χ0n) is 14.5. The van der Waals surface area contributed by atoms with Crippen molar-refractivity contribution >= 4 is 6.03 Å². The fraction of sp³-hybridized carbons (Fsp3) is 0.611. The summed E-state index contributed by atoms with van der Waals surface area (Å²) in [6.07, 6.45) is 2.54. The summed E-state index contributed by atoms with van der Waals surface area (Å²) in [5, 5.41) is 15.5. The molecule has 1 aliphatic carbocycles. The Bertz CT molecular complexity index is 560. The third kappa shape index (κ3) is 5.43. The van der Waals surface area contributed by atoms with Crippen molar-refractivity contribution in [2.75, 3.05) is 6.54 Å². The van der Waals surface area contributed by atoms with E-state index >= 15 is 0 Å². The quantitative estimate of drug-likeness (QED) is 0.781. The lowest BCUT2D eigenvalue weighted by Gasteiger charge is -2.36. The van der Waals surface area contributed by atoms with E-state index in [2.05, 4.69) is 10.6 Å². The highest BCUT2D eigenvalue weighted by Gasteiger charge is 2.34. The molecule has 2 amide bonds. The van der Waals surface area contributed by atoms with Gasteiger partial charge < -0.3 is 20.5 Å². The van der Waals surface area contributed by atoms with Crippen molar-refractivity contribution in [1.82, 2.24) is 10.6 Å². The molecule has 2 rings (SSSR count). The molecule has 1 saturated carbocycles. The highest BCUT2D eigenvalue weighted by Crippen LogP contribution is 2.30. The number of urea groups is 1. The number of hydrogen-bond donors (Lipinski definition) is 3. The standard InChI is InChI=1S/C18H28N2O3/c1-13-6-7-14(15(10-13)23-17(2,3)4)11-19-16(21)20-12-18(22)8-5-9-18/h6-7,10,22H,5,8-9,11-12H2,1-4H3,(H2,19,20,21). The van der Waals surface area contributed by atoms with Crippen LogP contribution in [0.25, 0.3) is 0 Å². The van der Waals surface area contributed by atoms with Crippen molar-refractivity contribution in [3.05, 3.63) is 29.3 Å². The van der Waals surface area contributed by atoms with Crippen LogP contribution in [0.3, 0.4) is 0 Å². The van der Waals surface area contributed by atoms with Gasteiger partial charge >= 0.3 is 6.03 Å². The van der Waals surface area contributed by atoms with E-state index in [4.69, 9.17) is 4.74 Å². The summed E-state index contributed by atoms with van der Waals surface area (Å²) in [7, 11) is 0. The predicted octanol–water partition coefficient (Wildman–Crippen LogP) is 2.89. The van der Waals surface area contributed by atoms with Gasteiger partial charge in [0.15, 0.2) is 0 Å². The normalized spacial score (nSPS) is 16.4. The van der Waals surface area contributed by atoms with Crippen molar-refractivity contribution in [1.29, 1.82) is 0 Å². The third-order valence-electron chi connectivity index (χ3n) is 3.94. The molecule has 0 heterocycles. The minimum Gasteiger partial charge on any atom is -0.488 e. The van der Waals surface area contributed by atoms with E-state index in [9.17, 15) is 9.90 Å². The molecule has 23 heavy (non-hydrogen) atoms. The number of nitrogens with one attached hydrogen (secondary N) is 2. The van der Waals surface area contributed by atoms with Crippen molar-refractivity contribution in [2.45, 2.75) is 64.7 Å². The van der Waals surface area contributed by atoms with Crippen LogP contribution in [0.1, 0.15) is 51.2 Å². The first-order valence-corrected chi connectivity index (χ1v) is 8.20. The number of aliphatic hydroxyl groups is 1. The third-order valence-corrected chi connectivity index (χ3v) is 3.94. The van der Waals surface area contributed by atoms with Gasteiger partial charge in [-0.2, -0.15) is 0 Å². The molecular formula is C18H28N2O3. The molecule has 1 aliphatic rings. The lowest BCUT2D eigenvalue weighted by molar-refractivity contribution is -0.0290. The maximum atomic E-state index is 11.9. The van der Waals surface area contributed by atoms with Gasteiger partial charge in [-0.15, -0.1) is 0 Å². The fourth-order valence-corrected chi connectivity index (χ4v) is 2.48. The van der Waals surface area contributed by atoms with Gasteiger partial charge in [0.05, 0.1) is 5.60 Å². The van der Waals surface area contributed by atoms with Crippen LogP contribution in [-0.4, -0.2) is 28.9 Å². The number of carbonyl (C=O) groups excluding carboxylic acids is 1. The summed E-state index contributed by atoms with van der Waals surface area (Å²) < 4.78 is 5.97. The monoisotopic (exact) mass is 320 g/mol. The van der Waals surface area contributed by atoms with Crippen LogP contribution in [-0.2, 0) is 6.54 Å². The fourth-order valence-electron chi connectivity index (χ4n) is 2.48. The molecule has 0 aliphatic heterocycles. The minimum atomic E-state index is -0.707. The lowest BCUT2D eigenvalue weighted by atomic mass is 9.80. The van der Waals surface area contributed by atoms with Crippen molar-refractivity contribution in [3.8, 4) is 5.75 Å². The van der Waals surface area contributed by atoms with E-state index in [0.29, 0.717) is 13.1 Å². The summed E-state index contributed by atoms with van der Waals surface area (Å²) in [4.78, 5) is 11.9. The second-order valence-corrected chi connectivity index (χ2v) is 7.44. The number of carbonyl (C=O) groups is 1. The molecule has 3 N–H and O–H groups in total. The van der Waals surface area contributed by atoms with E-state index in [1.807, 2.05) is 45.9 Å². The number of hydrogen-bond acceptors (Lipinski definition) is 3. The van der Waals surface area contributed by atoms with Gasteiger partial charge in [-0.3, -0.25) is 0 Å². The lowest BCUT2D eigenvalue weighted by Crippen LogP contribution is -2.50. The van der Waals surface area contributed by atoms with Crippen LogP contribution in [0.15, 0.2) is 18.2 Å². The first-order valence-electron chi connectivity index (χ1n) is 8.20. The summed E-state index contributed by atoms with van der Waals surface area (Å²) >= 11 is 0. The van der Waals surface area contributed by atoms with E-state index in [1.165, 1.54) is 0 Å². The Morgan fingerprint density at radius 1 is 1.30 bits per heavy atom. The molecule has 0 atom stereocenters. The molecule has 5 heteroatoms. The second kappa shape index (κ2) is 6.79. The van der Waals surface area contributed by atoms with Crippen LogP contribution >= 0.6 is 0 Å². The van der Waals surface area contributed by atoms with Gasteiger partial charge in [0.1, 0.15) is 11.4 Å². The topological polar surface area (TPSA) is 70.6 Å². The highest BCUT2D eigenvalue weighted by atomic mass is 16.5. The molecule has 0 aromatic heterocycles. The molecule has 1 aromatic rings. The molecule has 0 radical (unpaired) electrons. The van der Waals surface area contributed by atoms with Crippen molar-refractivity contribution < 1.29 is 14.6 Å². The molecule has 0 saturated heterocycles. The van der Waals surface area contributed by atoms with Crippen molar-refractivity contribution in [2.24, 2.45) is 0 Å². The molecule has 0 bridgehead atoms. The van der Waals surface area contributed by atoms with Crippen LogP contribution in [0, 0.1) is 6.92 Å². The molecule has 0 unspecified atom stereocenters. The van der Waals surface area contributed by atoms with Crippen LogP contribution in [0.2, 0.25) is 0 Å². The van der Waals surface area contributed by atoms with Gasteiger partial charge in [-0.1, -0.05) is 12.1 Å². The van der Waals surface area contributed by atoms with Gasteiger partial charge in [-0.25, -0.2) is 4.79 Å². The number of aryl methyl sites for hydroxylation is 1. The van der Waals surface area contributed by atoms with Crippen LogP contribution < -0.4 is 15.4 Å². The first kappa shape index (κ1) is 17.6. The Morgan fingerprint density at radius 3 is 2.57 bits per heavy atom. The van der Waals surface area contributed by atoms with Gasteiger partial charge in [0.2, 0.25) is 0 Å². The van der Waals surface area contributed by atoms with E-state index in [1.54, 1.807) is 0 Å². The van der Waals surface area contributed by atoms with Crippen molar-refractivity contribution in [3.63, 3.8) is 0 Å². The van der Waals surface area contributed by atoms with Crippen LogP contribution in [0.5, 0.6) is 5.75 Å². The maximum Gasteiger partial charge on any atom is 0.315 e. The summed E-state index contributed by atoms with van der Waals surface area (Å²) in [6.45, 7) is 8.70. The Balaban J connectivity index is 1.90. The zero-order chi connectivity index (χ0) is 17.1. The molecule has 1 fully saturated rings. The maximum absolute atomic E-state index is 11.9. The van der Waals surface area contributed by atoms with Gasteiger partial charge in [-0.05, 0) is 58.6 Å². The highest BCUT2D eigenvalue weighted by molar-refractivity contribution is 5.74. The summed E-state index contributed by atoms with van der Waals surface area (Å²) in [6, 6.07) is 5.68. The van der Waals surface area contributed by atoms with E-state index in [-0.39, 0.29) is 11.6 Å². The molecular weight excluding hydrogens is 292 g/mol. The smallest absolute Gasteiger partial charge is 0.315 e. The SMILES string of the molecule is Cc1ccc(CNC(=O)NCC2(O)CCC2)c(OC(C)(C)C)c1. The number of rotatable bonds is 5. The molecule has 5 nitrogen and oxygen atoms in total. The number of ether oxygens (including phenoxy) is 1. The number of benzene rings is 1. The Labute approximate surface area is 138 Å². The first-order chi connectivity index (χ1) is 10.7. The van der Waals surface area contributed by atoms with Gasteiger partial charge in [0, 0.05) is 18.7 Å². The molecule has 0 spiro atoms. The minimum absolute atomic E-state index is 0.271. The summed E-state index contributed by atoms with van der Waals surface area (Å²) in [5.74, 6) is 0.787. The average molecular weight is 320 g/mol. The molecule has 1 aromatic carbocycles. The summed E-state index contributed by atoms with van der Waals surface area (Å²) in [5.41, 5.74) is 1.05. The predicted molar refractivity (Wildman–Crippen MR) is 90.6 cm³/mol.